The van der Waals surface area contributed by atoms with Crippen molar-refractivity contribution in [3.63, 3.8) is 0 Å². The van der Waals surface area contributed by atoms with E-state index in [2.05, 4.69) is 19.2 Å². The molecule has 0 aromatic heterocycles. The van der Waals surface area contributed by atoms with E-state index in [1.165, 1.54) is 6.42 Å². The Morgan fingerprint density at radius 3 is 2.73 bits per heavy atom. The summed E-state index contributed by atoms with van der Waals surface area (Å²) in [6, 6.07) is 0.915. The number of aliphatic hydroxyl groups excluding tert-OH is 1. The van der Waals surface area contributed by atoms with Crippen molar-refractivity contribution in [2.75, 3.05) is 0 Å². The molecule has 2 nitrogen and oxygen atoms in total. The average Bonchev–Trinajstić information content (AvgIpc) is 2.37. The van der Waals surface area contributed by atoms with Gasteiger partial charge in [0, 0.05) is 12.1 Å². The van der Waals surface area contributed by atoms with E-state index in [9.17, 15) is 5.11 Å². The van der Waals surface area contributed by atoms with E-state index >= 15 is 0 Å². The van der Waals surface area contributed by atoms with E-state index in [1.807, 2.05) is 0 Å². The predicted molar refractivity (Wildman–Crippen MR) is 46.5 cm³/mol. The number of hydrogen-bond donors (Lipinski definition) is 2. The normalized spacial score (nSPS) is 34.1. The van der Waals surface area contributed by atoms with Crippen LogP contribution in [-0.4, -0.2) is 23.3 Å². The number of rotatable bonds is 3. The fourth-order valence-electron chi connectivity index (χ4n) is 1.62. The van der Waals surface area contributed by atoms with Crippen molar-refractivity contribution in [2.24, 2.45) is 0 Å². The highest BCUT2D eigenvalue weighted by atomic mass is 16.3. The van der Waals surface area contributed by atoms with Gasteiger partial charge < -0.3 is 10.4 Å². The molecule has 0 aliphatic heterocycles. The lowest BCUT2D eigenvalue weighted by molar-refractivity contribution is 0.143. The topological polar surface area (TPSA) is 32.3 Å². The van der Waals surface area contributed by atoms with Crippen molar-refractivity contribution in [2.45, 2.75) is 57.7 Å². The molecule has 3 atom stereocenters. The molecule has 1 rings (SSSR count). The highest BCUT2D eigenvalue weighted by Gasteiger charge is 2.25. The Kier molecular flexibility index (Phi) is 3.34. The van der Waals surface area contributed by atoms with Crippen molar-refractivity contribution in [1.82, 2.24) is 5.32 Å². The maximum Gasteiger partial charge on any atom is 0.0693 e. The summed E-state index contributed by atoms with van der Waals surface area (Å²) in [6.45, 7) is 4.34. The summed E-state index contributed by atoms with van der Waals surface area (Å²) in [6.07, 6.45) is 4.35. The molecule has 0 aromatic rings. The molecule has 0 amide bonds. The zero-order valence-corrected chi connectivity index (χ0v) is 7.51. The summed E-state index contributed by atoms with van der Waals surface area (Å²) in [5, 5.41) is 12.9. The van der Waals surface area contributed by atoms with Crippen LogP contribution >= 0.6 is 0 Å². The Hall–Kier alpha value is -0.0800. The second kappa shape index (κ2) is 4.07. The van der Waals surface area contributed by atoms with E-state index in [0.29, 0.717) is 12.1 Å². The third-order valence-corrected chi connectivity index (χ3v) is 2.59. The molecule has 1 fully saturated rings. The summed E-state index contributed by atoms with van der Waals surface area (Å²) in [5.74, 6) is 0. The summed E-state index contributed by atoms with van der Waals surface area (Å²) in [4.78, 5) is 0. The standard InChI is InChI=1S/C9H19NO/c1-3-7(2)10-8-5-4-6-9(8)11/h7-11H,3-6H2,1-2H3/t7-,8-,9+/m1/s1. The molecule has 0 saturated heterocycles. The van der Waals surface area contributed by atoms with Crippen LogP contribution in [0.25, 0.3) is 0 Å². The summed E-state index contributed by atoms with van der Waals surface area (Å²) in [7, 11) is 0. The van der Waals surface area contributed by atoms with Crippen LogP contribution in [-0.2, 0) is 0 Å². The Labute approximate surface area is 69.0 Å². The van der Waals surface area contributed by atoms with Crippen LogP contribution in [0.1, 0.15) is 39.5 Å². The lowest BCUT2D eigenvalue weighted by Gasteiger charge is -2.20. The molecule has 2 N–H and O–H groups in total. The maximum atomic E-state index is 9.47. The molecule has 1 aliphatic carbocycles. The van der Waals surface area contributed by atoms with Crippen LogP contribution in [0.2, 0.25) is 0 Å². The second-order valence-electron chi connectivity index (χ2n) is 3.58. The summed E-state index contributed by atoms with van der Waals surface area (Å²) < 4.78 is 0. The maximum absolute atomic E-state index is 9.47. The van der Waals surface area contributed by atoms with Gasteiger partial charge in [0.1, 0.15) is 0 Å². The van der Waals surface area contributed by atoms with Gasteiger partial charge in [-0.3, -0.25) is 0 Å². The van der Waals surface area contributed by atoms with Gasteiger partial charge in [0.05, 0.1) is 6.10 Å². The molecule has 66 valence electrons. The average molecular weight is 157 g/mol. The van der Waals surface area contributed by atoms with E-state index in [1.54, 1.807) is 0 Å². The molecule has 0 radical (unpaired) electrons. The highest BCUT2D eigenvalue weighted by molar-refractivity contribution is 4.83. The fourth-order valence-corrected chi connectivity index (χ4v) is 1.62. The van der Waals surface area contributed by atoms with Crippen molar-refractivity contribution < 1.29 is 5.11 Å². The number of nitrogens with one attached hydrogen (secondary N) is 1. The largest absolute Gasteiger partial charge is 0.392 e. The highest BCUT2D eigenvalue weighted by Crippen LogP contribution is 2.19. The van der Waals surface area contributed by atoms with E-state index in [-0.39, 0.29) is 6.10 Å². The first-order chi connectivity index (χ1) is 5.24. The summed E-state index contributed by atoms with van der Waals surface area (Å²) in [5.41, 5.74) is 0. The molecular formula is C9H19NO. The molecule has 2 heteroatoms. The monoisotopic (exact) mass is 157 g/mol. The van der Waals surface area contributed by atoms with Crippen molar-refractivity contribution in [3.05, 3.63) is 0 Å². The third-order valence-electron chi connectivity index (χ3n) is 2.59. The first-order valence-corrected chi connectivity index (χ1v) is 4.68. The van der Waals surface area contributed by atoms with Gasteiger partial charge in [-0.15, -0.1) is 0 Å². The molecule has 0 bridgehead atoms. The van der Waals surface area contributed by atoms with Crippen LogP contribution in [0.5, 0.6) is 0 Å². The van der Waals surface area contributed by atoms with Crippen LogP contribution in [0.3, 0.4) is 0 Å². The minimum atomic E-state index is -0.0935. The van der Waals surface area contributed by atoms with Crippen LogP contribution < -0.4 is 5.32 Å². The lowest BCUT2D eigenvalue weighted by atomic mass is 10.1. The Morgan fingerprint density at radius 2 is 2.27 bits per heavy atom. The van der Waals surface area contributed by atoms with Crippen LogP contribution in [0.15, 0.2) is 0 Å². The van der Waals surface area contributed by atoms with E-state index < -0.39 is 0 Å². The van der Waals surface area contributed by atoms with Gasteiger partial charge in [-0.25, -0.2) is 0 Å². The minimum absolute atomic E-state index is 0.0935. The second-order valence-corrected chi connectivity index (χ2v) is 3.58. The van der Waals surface area contributed by atoms with Crippen molar-refractivity contribution in [1.29, 1.82) is 0 Å². The number of aliphatic hydroxyl groups is 1. The van der Waals surface area contributed by atoms with Gasteiger partial charge in [0.25, 0.3) is 0 Å². The van der Waals surface area contributed by atoms with Crippen LogP contribution in [0.4, 0.5) is 0 Å². The number of hydrogen-bond acceptors (Lipinski definition) is 2. The molecule has 11 heavy (non-hydrogen) atoms. The predicted octanol–water partition coefficient (Wildman–Crippen LogP) is 1.29. The zero-order valence-electron chi connectivity index (χ0n) is 7.51. The lowest BCUT2D eigenvalue weighted by Crippen LogP contribution is -2.40. The van der Waals surface area contributed by atoms with Crippen LogP contribution in [0, 0.1) is 0 Å². The van der Waals surface area contributed by atoms with Gasteiger partial charge in [-0.2, -0.15) is 0 Å². The zero-order chi connectivity index (χ0) is 8.27. The first-order valence-electron chi connectivity index (χ1n) is 4.68. The quantitative estimate of drug-likeness (QED) is 0.647. The van der Waals surface area contributed by atoms with Crippen molar-refractivity contribution >= 4 is 0 Å². The molecule has 0 unspecified atom stereocenters. The van der Waals surface area contributed by atoms with Gasteiger partial charge >= 0.3 is 0 Å². The van der Waals surface area contributed by atoms with E-state index in [4.69, 9.17) is 0 Å². The smallest absolute Gasteiger partial charge is 0.0693 e. The minimum Gasteiger partial charge on any atom is -0.392 e. The molecular weight excluding hydrogens is 138 g/mol. The van der Waals surface area contributed by atoms with Gasteiger partial charge in [-0.1, -0.05) is 6.92 Å². The fraction of sp³-hybridized carbons (Fsp3) is 1.00. The molecule has 1 aliphatic rings. The molecule has 1 saturated carbocycles. The van der Waals surface area contributed by atoms with Gasteiger partial charge in [-0.05, 0) is 32.6 Å². The van der Waals surface area contributed by atoms with Gasteiger partial charge in [0.15, 0.2) is 0 Å². The Morgan fingerprint density at radius 1 is 1.55 bits per heavy atom. The van der Waals surface area contributed by atoms with Crippen molar-refractivity contribution in [3.8, 4) is 0 Å². The molecule has 0 heterocycles. The molecule has 0 spiro atoms. The first kappa shape index (κ1) is 9.01. The Bertz CT molecular complexity index is 116. The Balaban J connectivity index is 2.24. The van der Waals surface area contributed by atoms with Gasteiger partial charge in [0.2, 0.25) is 0 Å². The third kappa shape index (κ3) is 2.46. The SMILES string of the molecule is CC[C@@H](C)N[C@@H]1CCC[C@@H]1O. The molecule has 0 aromatic carbocycles. The summed E-state index contributed by atoms with van der Waals surface area (Å²) >= 11 is 0. The van der Waals surface area contributed by atoms with E-state index in [0.717, 1.165) is 19.3 Å².